The van der Waals surface area contributed by atoms with Gasteiger partial charge in [0.05, 0.1) is 5.75 Å². The van der Waals surface area contributed by atoms with Crippen molar-refractivity contribution < 1.29 is 9.59 Å². The van der Waals surface area contributed by atoms with Gasteiger partial charge < -0.3 is 10.6 Å². The lowest BCUT2D eigenvalue weighted by molar-refractivity contribution is -0.119. The molecule has 0 unspecified atom stereocenters. The number of aryl methyl sites for hydroxylation is 3. The first-order valence-electron chi connectivity index (χ1n) is 8.67. The van der Waals surface area contributed by atoms with E-state index in [1.54, 1.807) is 6.07 Å². The summed E-state index contributed by atoms with van der Waals surface area (Å²) in [5, 5.41) is 5.80. The maximum Gasteiger partial charge on any atom is 0.234 e. The van der Waals surface area contributed by atoms with E-state index in [9.17, 15) is 9.59 Å². The van der Waals surface area contributed by atoms with Crippen molar-refractivity contribution in [1.82, 2.24) is 0 Å². The zero-order valence-electron chi connectivity index (χ0n) is 16.0. The van der Waals surface area contributed by atoms with Crippen molar-refractivity contribution in [3.05, 3.63) is 53.1 Å². The van der Waals surface area contributed by atoms with Gasteiger partial charge in [-0.25, -0.2) is 0 Å². The number of rotatable bonds is 6. The molecule has 26 heavy (non-hydrogen) atoms. The van der Waals surface area contributed by atoms with E-state index in [-0.39, 0.29) is 17.7 Å². The molecule has 138 valence electrons. The van der Waals surface area contributed by atoms with E-state index in [0.717, 1.165) is 16.1 Å². The first-order chi connectivity index (χ1) is 12.3. The van der Waals surface area contributed by atoms with Gasteiger partial charge in [-0.1, -0.05) is 37.6 Å². The maximum absolute atomic E-state index is 12.4. The minimum Gasteiger partial charge on any atom is -0.326 e. The van der Waals surface area contributed by atoms with E-state index < -0.39 is 0 Å². The molecule has 0 aliphatic rings. The third-order valence-electron chi connectivity index (χ3n) is 4.01. The number of carbonyl (C=O) groups excluding carboxylic acids is 2. The van der Waals surface area contributed by atoms with Gasteiger partial charge in [0.15, 0.2) is 0 Å². The Morgan fingerprint density at radius 3 is 2.35 bits per heavy atom. The number of anilines is 2. The fourth-order valence-corrected chi connectivity index (χ4v) is 3.24. The average Bonchev–Trinajstić information content (AvgIpc) is 2.58. The summed E-state index contributed by atoms with van der Waals surface area (Å²) in [6, 6.07) is 11.8. The van der Waals surface area contributed by atoms with Crippen molar-refractivity contribution in [2.24, 2.45) is 5.92 Å². The van der Waals surface area contributed by atoms with Crippen LogP contribution in [0.15, 0.2) is 41.3 Å². The summed E-state index contributed by atoms with van der Waals surface area (Å²) in [6.45, 7) is 9.71. The zero-order chi connectivity index (χ0) is 19.3. The minimum atomic E-state index is -0.0942. The largest absolute Gasteiger partial charge is 0.326 e. The van der Waals surface area contributed by atoms with Crippen LogP contribution in [0.25, 0.3) is 0 Å². The van der Waals surface area contributed by atoms with Gasteiger partial charge in [0.1, 0.15) is 0 Å². The number of nitrogens with one attached hydrogen (secondary N) is 2. The lowest BCUT2D eigenvalue weighted by atomic mass is 10.1. The molecule has 0 fully saturated rings. The van der Waals surface area contributed by atoms with Crippen LogP contribution in [0.1, 0.15) is 30.5 Å². The molecule has 0 saturated heterocycles. The molecule has 5 heteroatoms. The predicted molar refractivity (Wildman–Crippen MR) is 110 cm³/mol. The molecule has 0 spiro atoms. The summed E-state index contributed by atoms with van der Waals surface area (Å²) in [5.74, 6) is 0.137. The topological polar surface area (TPSA) is 58.2 Å². The normalized spacial score (nSPS) is 10.7. The number of amides is 2. The number of thioether (sulfide) groups is 1. The summed E-state index contributed by atoms with van der Waals surface area (Å²) in [7, 11) is 0. The molecule has 0 saturated carbocycles. The van der Waals surface area contributed by atoms with Crippen LogP contribution in [0.2, 0.25) is 0 Å². The molecule has 0 heterocycles. The van der Waals surface area contributed by atoms with Crippen LogP contribution in [-0.2, 0) is 9.59 Å². The Hall–Kier alpha value is -2.27. The lowest BCUT2D eigenvalue weighted by Crippen LogP contribution is -2.18. The monoisotopic (exact) mass is 370 g/mol. The van der Waals surface area contributed by atoms with E-state index in [1.807, 2.05) is 46.8 Å². The van der Waals surface area contributed by atoms with Crippen molar-refractivity contribution in [2.45, 2.75) is 39.5 Å². The Labute approximate surface area is 159 Å². The van der Waals surface area contributed by atoms with E-state index in [4.69, 9.17) is 0 Å². The van der Waals surface area contributed by atoms with Gasteiger partial charge in [-0.05, 0) is 50.1 Å². The van der Waals surface area contributed by atoms with E-state index >= 15 is 0 Å². The molecule has 2 aromatic rings. The standard InChI is InChI=1S/C21H26N2O2S/c1-13(2)21(25)22-17-9-8-15(4)18(11-17)23-20(24)12-26-19-10-14(3)6-7-16(19)5/h6-11,13H,12H2,1-5H3,(H,22,25)(H,23,24). The summed E-state index contributed by atoms with van der Waals surface area (Å²) in [5.41, 5.74) is 4.72. The predicted octanol–water partition coefficient (Wildman–Crippen LogP) is 4.94. The van der Waals surface area contributed by atoms with Gasteiger partial charge in [0.2, 0.25) is 11.8 Å². The quantitative estimate of drug-likeness (QED) is 0.708. The number of benzene rings is 2. The molecule has 2 rings (SSSR count). The molecule has 0 atom stereocenters. The zero-order valence-corrected chi connectivity index (χ0v) is 16.8. The summed E-state index contributed by atoms with van der Waals surface area (Å²) in [4.78, 5) is 25.3. The van der Waals surface area contributed by atoms with Gasteiger partial charge >= 0.3 is 0 Å². The maximum atomic E-state index is 12.4. The highest BCUT2D eigenvalue weighted by Gasteiger charge is 2.11. The smallest absolute Gasteiger partial charge is 0.234 e. The summed E-state index contributed by atoms with van der Waals surface area (Å²) >= 11 is 1.53. The van der Waals surface area contributed by atoms with Crippen LogP contribution in [0.3, 0.4) is 0 Å². The molecule has 0 aliphatic heterocycles. The lowest BCUT2D eigenvalue weighted by Gasteiger charge is -2.13. The first-order valence-corrected chi connectivity index (χ1v) is 9.66. The first kappa shape index (κ1) is 20.0. The molecule has 2 aromatic carbocycles. The van der Waals surface area contributed by atoms with Crippen LogP contribution >= 0.6 is 11.8 Å². The van der Waals surface area contributed by atoms with Crippen molar-refractivity contribution in [1.29, 1.82) is 0 Å². The molecule has 0 aromatic heterocycles. The Balaban J connectivity index is 2.01. The second kappa shape index (κ2) is 8.90. The number of hydrogen-bond acceptors (Lipinski definition) is 3. The van der Waals surface area contributed by atoms with E-state index in [0.29, 0.717) is 11.4 Å². The molecule has 0 radical (unpaired) electrons. The molecule has 0 aliphatic carbocycles. The Kier molecular flexibility index (Phi) is 6.86. The third-order valence-corrected chi connectivity index (χ3v) is 5.16. The van der Waals surface area contributed by atoms with Gasteiger partial charge in [-0.15, -0.1) is 11.8 Å². The van der Waals surface area contributed by atoms with Gasteiger partial charge in [0, 0.05) is 22.2 Å². The van der Waals surface area contributed by atoms with Crippen molar-refractivity contribution in [3.8, 4) is 0 Å². The fraction of sp³-hybridized carbons (Fsp3) is 0.333. The molecular weight excluding hydrogens is 344 g/mol. The Bertz CT molecular complexity index is 816. The van der Waals surface area contributed by atoms with Crippen molar-refractivity contribution in [3.63, 3.8) is 0 Å². The Morgan fingerprint density at radius 1 is 0.962 bits per heavy atom. The van der Waals surface area contributed by atoms with E-state index in [1.165, 1.54) is 22.9 Å². The van der Waals surface area contributed by atoms with Crippen molar-refractivity contribution >= 4 is 35.0 Å². The molecule has 2 N–H and O–H groups in total. The Morgan fingerprint density at radius 2 is 1.65 bits per heavy atom. The molecule has 0 bridgehead atoms. The molecule has 2 amide bonds. The second-order valence-corrected chi connectivity index (χ2v) is 7.80. The highest BCUT2D eigenvalue weighted by atomic mass is 32.2. The van der Waals surface area contributed by atoms with Crippen LogP contribution in [0, 0.1) is 26.7 Å². The second-order valence-electron chi connectivity index (χ2n) is 6.78. The number of hydrogen-bond donors (Lipinski definition) is 2. The average molecular weight is 371 g/mol. The third kappa shape index (κ3) is 5.63. The van der Waals surface area contributed by atoms with Crippen LogP contribution in [0.4, 0.5) is 11.4 Å². The highest BCUT2D eigenvalue weighted by Crippen LogP contribution is 2.25. The van der Waals surface area contributed by atoms with Crippen LogP contribution in [-0.4, -0.2) is 17.6 Å². The van der Waals surface area contributed by atoms with Gasteiger partial charge in [-0.2, -0.15) is 0 Å². The van der Waals surface area contributed by atoms with Crippen LogP contribution in [0.5, 0.6) is 0 Å². The highest BCUT2D eigenvalue weighted by molar-refractivity contribution is 8.00. The van der Waals surface area contributed by atoms with Gasteiger partial charge in [0.25, 0.3) is 0 Å². The number of carbonyl (C=O) groups is 2. The van der Waals surface area contributed by atoms with Crippen molar-refractivity contribution in [2.75, 3.05) is 16.4 Å². The minimum absolute atomic E-state index is 0.0448. The molecular formula is C21H26N2O2S. The summed E-state index contributed by atoms with van der Waals surface area (Å²) < 4.78 is 0. The van der Waals surface area contributed by atoms with Gasteiger partial charge in [-0.3, -0.25) is 9.59 Å². The summed E-state index contributed by atoms with van der Waals surface area (Å²) in [6.07, 6.45) is 0. The SMILES string of the molecule is Cc1ccc(C)c(SCC(=O)Nc2cc(NC(=O)C(C)C)ccc2C)c1. The fourth-order valence-electron chi connectivity index (χ4n) is 2.31. The van der Waals surface area contributed by atoms with E-state index in [2.05, 4.69) is 28.8 Å². The molecule has 4 nitrogen and oxygen atoms in total. The van der Waals surface area contributed by atoms with Crippen LogP contribution < -0.4 is 10.6 Å².